The van der Waals surface area contributed by atoms with Crippen LogP contribution in [0, 0.1) is 0 Å². The number of thioether (sulfide) groups is 1. The van der Waals surface area contributed by atoms with E-state index in [4.69, 9.17) is 4.42 Å². The summed E-state index contributed by atoms with van der Waals surface area (Å²) in [6.07, 6.45) is 6.87. The molecular weight excluding hydrogens is 394 g/mol. The zero-order chi connectivity index (χ0) is 21.5. The Morgan fingerprint density at radius 1 is 1.07 bits per heavy atom. The highest BCUT2D eigenvalue weighted by Gasteiger charge is 2.15. The van der Waals surface area contributed by atoms with Gasteiger partial charge < -0.3 is 9.73 Å². The van der Waals surface area contributed by atoms with Crippen molar-refractivity contribution in [2.75, 3.05) is 11.1 Å². The van der Waals surface area contributed by atoms with Crippen LogP contribution in [0.2, 0.25) is 0 Å². The van der Waals surface area contributed by atoms with Crippen molar-refractivity contribution in [2.45, 2.75) is 70.4 Å². The largest absolute Gasteiger partial charge is 0.431 e. The summed E-state index contributed by atoms with van der Waals surface area (Å²) in [7, 11) is 0. The second-order valence-corrected chi connectivity index (χ2v) is 9.20. The second-order valence-electron chi connectivity index (χ2n) is 8.15. The summed E-state index contributed by atoms with van der Waals surface area (Å²) in [6, 6.07) is 8.15. The van der Waals surface area contributed by atoms with Crippen LogP contribution in [-0.2, 0) is 4.79 Å². The number of carbonyl (C=O) groups excluding carboxylic acids is 1. The van der Waals surface area contributed by atoms with Gasteiger partial charge >= 0.3 is 0 Å². The number of aromatic nitrogens is 2. The Balaban J connectivity index is 1.43. The van der Waals surface area contributed by atoms with Gasteiger partial charge in [0.05, 0.1) is 6.20 Å². The van der Waals surface area contributed by atoms with Crippen LogP contribution in [0.5, 0.6) is 0 Å². The van der Waals surface area contributed by atoms with E-state index in [1.165, 1.54) is 11.1 Å². The number of carbonyl (C=O) groups is 1. The fourth-order valence-electron chi connectivity index (χ4n) is 3.44. The third kappa shape index (κ3) is 5.85. The summed E-state index contributed by atoms with van der Waals surface area (Å²) in [6.45, 7) is 8.67. The molecule has 0 fully saturated rings. The third-order valence-electron chi connectivity index (χ3n) is 5.08. The van der Waals surface area contributed by atoms with Gasteiger partial charge in [-0.1, -0.05) is 64.1 Å². The lowest BCUT2D eigenvalue weighted by atomic mass is 9.92. The molecule has 2 heterocycles. The molecule has 3 aromatic rings. The molecule has 30 heavy (non-hydrogen) atoms. The highest BCUT2D eigenvalue weighted by Crippen LogP contribution is 2.32. The predicted octanol–water partition coefficient (Wildman–Crippen LogP) is 6.76. The number of hydrogen-bond acceptors (Lipinski definition) is 5. The van der Waals surface area contributed by atoms with Crippen molar-refractivity contribution in [3.05, 3.63) is 47.8 Å². The number of anilines is 1. The molecule has 0 saturated heterocycles. The average Bonchev–Trinajstić information content (AvgIpc) is 3.13. The number of nitrogens with zero attached hydrogens (tertiary/aromatic N) is 2. The fourth-order valence-corrected chi connectivity index (χ4v) is 4.28. The maximum Gasteiger partial charge on any atom is 0.256 e. The molecular formula is C24H31N3O2S. The summed E-state index contributed by atoms with van der Waals surface area (Å²) in [5.74, 6) is 1.77. The van der Waals surface area contributed by atoms with Gasteiger partial charge in [0.15, 0.2) is 5.58 Å². The minimum absolute atomic E-state index is 0.101. The number of hydrogen-bond donors (Lipinski definition) is 1. The van der Waals surface area contributed by atoms with Crippen LogP contribution in [0.4, 0.5) is 5.69 Å². The molecule has 6 heteroatoms. The lowest BCUT2D eigenvalue weighted by Gasteiger charge is -2.20. The summed E-state index contributed by atoms with van der Waals surface area (Å²) in [5, 5.41) is 3.88. The SMILES string of the molecule is CC(C)c1cccc(C(C)C)c1NC(=O)CCCCCSc1nc2cnccc2o1. The van der Waals surface area contributed by atoms with Gasteiger partial charge in [-0.2, -0.15) is 0 Å². The Hall–Kier alpha value is -2.34. The molecule has 1 amide bonds. The van der Waals surface area contributed by atoms with Crippen molar-refractivity contribution in [1.82, 2.24) is 9.97 Å². The average molecular weight is 426 g/mol. The summed E-state index contributed by atoms with van der Waals surface area (Å²) < 4.78 is 5.69. The zero-order valence-electron chi connectivity index (χ0n) is 18.3. The Morgan fingerprint density at radius 3 is 2.47 bits per heavy atom. The first kappa shape index (κ1) is 22.3. The molecule has 0 aliphatic heterocycles. The number of unbranched alkanes of at least 4 members (excludes halogenated alkanes) is 2. The minimum atomic E-state index is 0.101. The Morgan fingerprint density at radius 2 is 1.80 bits per heavy atom. The molecule has 3 rings (SSSR count). The molecule has 0 radical (unpaired) electrons. The second kappa shape index (κ2) is 10.6. The number of oxazole rings is 1. The van der Waals surface area contributed by atoms with E-state index in [0.717, 1.165) is 41.8 Å². The molecule has 0 unspecified atom stereocenters. The smallest absolute Gasteiger partial charge is 0.256 e. The number of pyridine rings is 1. The number of benzene rings is 1. The molecule has 160 valence electrons. The lowest BCUT2D eigenvalue weighted by molar-refractivity contribution is -0.116. The number of nitrogens with one attached hydrogen (secondary N) is 1. The highest BCUT2D eigenvalue weighted by atomic mass is 32.2. The number of amides is 1. The van der Waals surface area contributed by atoms with Crippen molar-refractivity contribution in [2.24, 2.45) is 0 Å². The minimum Gasteiger partial charge on any atom is -0.431 e. The quantitative estimate of drug-likeness (QED) is 0.287. The Labute approximate surface area is 183 Å². The summed E-state index contributed by atoms with van der Waals surface area (Å²) in [4.78, 5) is 21.0. The molecule has 0 aliphatic carbocycles. The van der Waals surface area contributed by atoms with Crippen LogP contribution in [0.15, 0.2) is 46.3 Å². The van der Waals surface area contributed by atoms with Gasteiger partial charge in [0.1, 0.15) is 5.52 Å². The van der Waals surface area contributed by atoms with Crippen molar-refractivity contribution < 1.29 is 9.21 Å². The Kier molecular flexibility index (Phi) is 7.91. The first-order chi connectivity index (χ1) is 14.5. The lowest BCUT2D eigenvalue weighted by Crippen LogP contribution is -2.15. The van der Waals surface area contributed by atoms with E-state index in [1.807, 2.05) is 6.07 Å². The molecule has 5 nitrogen and oxygen atoms in total. The number of fused-ring (bicyclic) bond motifs is 1. The normalized spacial score (nSPS) is 11.5. The molecule has 2 aromatic heterocycles. The summed E-state index contributed by atoms with van der Waals surface area (Å²) in [5.41, 5.74) is 4.98. The maximum atomic E-state index is 12.6. The van der Waals surface area contributed by atoms with E-state index >= 15 is 0 Å². The Bertz CT molecular complexity index is 922. The van der Waals surface area contributed by atoms with Crippen molar-refractivity contribution in [3.8, 4) is 0 Å². The first-order valence-corrected chi connectivity index (χ1v) is 11.7. The van der Waals surface area contributed by atoms with E-state index in [1.54, 1.807) is 24.2 Å². The van der Waals surface area contributed by atoms with Crippen LogP contribution < -0.4 is 5.32 Å². The molecule has 0 bridgehead atoms. The molecule has 0 atom stereocenters. The van der Waals surface area contributed by atoms with Gasteiger partial charge in [-0.25, -0.2) is 4.98 Å². The first-order valence-electron chi connectivity index (χ1n) is 10.7. The topological polar surface area (TPSA) is 68.0 Å². The van der Waals surface area contributed by atoms with Crippen LogP contribution in [0.1, 0.15) is 76.3 Å². The molecule has 1 aromatic carbocycles. The summed E-state index contributed by atoms with van der Waals surface area (Å²) >= 11 is 1.61. The van der Waals surface area contributed by atoms with Crippen molar-refractivity contribution >= 4 is 34.5 Å². The van der Waals surface area contributed by atoms with E-state index in [9.17, 15) is 4.79 Å². The zero-order valence-corrected chi connectivity index (χ0v) is 19.1. The van der Waals surface area contributed by atoms with E-state index in [0.29, 0.717) is 23.5 Å². The number of rotatable bonds is 10. The van der Waals surface area contributed by atoms with Crippen molar-refractivity contribution in [1.29, 1.82) is 0 Å². The van der Waals surface area contributed by atoms with Crippen molar-refractivity contribution in [3.63, 3.8) is 0 Å². The van der Waals surface area contributed by atoms with Gasteiger partial charge in [0, 0.05) is 30.1 Å². The third-order valence-corrected chi connectivity index (χ3v) is 6.00. The van der Waals surface area contributed by atoms with Gasteiger partial charge in [-0.05, 0) is 35.8 Å². The van der Waals surface area contributed by atoms with E-state index in [-0.39, 0.29) is 5.91 Å². The van der Waals surface area contributed by atoms with Gasteiger partial charge in [-0.15, -0.1) is 0 Å². The molecule has 0 aliphatic rings. The van der Waals surface area contributed by atoms with Crippen LogP contribution >= 0.6 is 11.8 Å². The van der Waals surface area contributed by atoms with E-state index in [2.05, 4.69) is 61.2 Å². The number of para-hydroxylation sites is 1. The standard InChI is InChI=1S/C24H31N3O2S/c1-16(2)18-9-8-10-19(17(3)4)23(18)27-22(28)11-6-5-7-14-30-24-26-20-15-25-13-12-21(20)29-24/h8-10,12-13,15-17H,5-7,11,14H2,1-4H3,(H,27,28). The van der Waals surface area contributed by atoms with Crippen LogP contribution in [0.25, 0.3) is 11.1 Å². The van der Waals surface area contributed by atoms with Crippen LogP contribution in [-0.4, -0.2) is 21.6 Å². The van der Waals surface area contributed by atoms with Gasteiger partial charge in [0.2, 0.25) is 5.91 Å². The predicted molar refractivity (Wildman–Crippen MR) is 124 cm³/mol. The van der Waals surface area contributed by atoms with Gasteiger partial charge in [-0.3, -0.25) is 9.78 Å². The maximum absolute atomic E-state index is 12.6. The van der Waals surface area contributed by atoms with E-state index < -0.39 is 0 Å². The molecule has 0 saturated carbocycles. The monoisotopic (exact) mass is 425 g/mol. The van der Waals surface area contributed by atoms with Gasteiger partial charge in [0.25, 0.3) is 5.22 Å². The fraction of sp³-hybridized carbons (Fsp3) is 0.458. The highest BCUT2D eigenvalue weighted by molar-refractivity contribution is 7.99. The molecule has 0 spiro atoms. The molecule has 1 N–H and O–H groups in total. The van der Waals surface area contributed by atoms with Crippen LogP contribution in [0.3, 0.4) is 0 Å².